The van der Waals surface area contributed by atoms with Gasteiger partial charge in [-0.05, 0) is 18.6 Å². The number of hydrogen-bond acceptors (Lipinski definition) is 4. The van der Waals surface area contributed by atoms with Gasteiger partial charge in [-0.15, -0.1) is 11.8 Å². The second-order valence-corrected chi connectivity index (χ2v) is 6.70. The minimum atomic E-state index is -1.04. The van der Waals surface area contributed by atoms with Gasteiger partial charge in [0.05, 0.1) is 5.88 Å². The summed E-state index contributed by atoms with van der Waals surface area (Å²) in [5.74, 6) is -0.736. The maximum atomic E-state index is 12.6. The van der Waals surface area contributed by atoms with Crippen LogP contribution in [0.5, 0.6) is 0 Å². The van der Waals surface area contributed by atoms with Crippen molar-refractivity contribution in [3.8, 4) is 0 Å². The Bertz CT molecular complexity index is 594. The van der Waals surface area contributed by atoms with Gasteiger partial charge in [-0.3, -0.25) is 9.59 Å². The van der Waals surface area contributed by atoms with Crippen LogP contribution in [-0.2, 0) is 9.59 Å². The number of hydrogen-bond donors (Lipinski definition) is 2. The molecule has 1 fully saturated rings. The van der Waals surface area contributed by atoms with Gasteiger partial charge >= 0.3 is 5.97 Å². The Morgan fingerprint density at radius 3 is 2.67 bits per heavy atom. The fraction of sp³-hybridized carbons (Fsp3) is 0.471. The number of nitrogens with zero attached hydrogens (tertiary/aromatic N) is 1. The number of nitrogens with one attached hydrogen (secondary N) is 1. The molecule has 24 heavy (non-hydrogen) atoms. The van der Waals surface area contributed by atoms with Crippen molar-refractivity contribution in [2.75, 3.05) is 11.6 Å². The lowest BCUT2D eigenvalue weighted by Crippen LogP contribution is -2.51. The van der Waals surface area contributed by atoms with E-state index in [1.54, 1.807) is 24.3 Å². The van der Waals surface area contributed by atoms with Gasteiger partial charge in [-0.25, -0.2) is 4.79 Å². The van der Waals surface area contributed by atoms with Crippen LogP contribution in [-0.4, -0.2) is 51.5 Å². The Morgan fingerprint density at radius 1 is 1.33 bits per heavy atom. The smallest absolute Gasteiger partial charge is 0.326 e. The van der Waals surface area contributed by atoms with E-state index in [4.69, 9.17) is 0 Å². The predicted molar refractivity (Wildman–Crippen MR) is 92.8 cm³/mol. The average molecular weight is 350 g/mol. The number of amides is 2. The summed E-state index contributed by atoms with van der Waals surface area (Å²) in [4.78, 5) is 37.9. The molecule has 0 saturated carbocycles. The van der Waals surface area contributed by atoms with Crippen LogP contribution in [0.4, 0.5) is 0 Å². The van der Waals surface area contributed by atoms with Gasteiger partial charge in [0, 0.05) is 11.3 Å². The number of carboxylic acids is 1. The van der Waals surface area contributed by atoms with Gasteiger partial charge in [-0.2, -0.15) is 0 Å². The van der Waals surface area contributed by atoms with E-state index in [2.05, 4.69) is 5.32 Å². The van der Waals surface area contributed by atoms with Crippen LogP contribution in [0.15, 0.2) is 30.3 Å². The van der Waals surface area contributed by atoms with E-state index < -0.39 is 24.0 Å². The van der Waals surface area contributed by atoms with Crippen LogP contribution < -0.4 is 5.32 Å². The lowest BCUT2D eigenvalue weighted by Gasteiger charge is -2.24. The summed E-state index contributed by atoms with van der Waals surface area (Å²) in [5, 5.41) is 11.8. The van der Waals surface area contributed by atoms with Crippen LogP contribution in [0.25, 0.3) is 0 Å². The molecule has 2 atom stereocenters. The standard InChI is InChI=1S/C17H22N2O4S/c1-2-3-9-13(17(22)23)18-15(20)14-10-24-11-19(14)16(21)12-7-5-4-6-8-12/h4-8,13-14H,2-3,9-11H2,1H3,(H,18,20)(H,22,23). The Balaban J connectivity index is 2.04. The molecule has 2 amide bonds. The van der Waals surface area contributed by atoms with Crippen LogP contribution in [0, 0.1) is 0 Å². The van der Waals surface area contributed by atoms with Crippen molar-refractivity contribution in [1.82, 2.24) is 10.2 Å². The Morgan fingerprint density at radius 2 is 2.04 bits per heavy atom. The highest BCUT2D eigenvalue weighted by Gasteiger charge is 2.36. The van der Waals surface area contributed by atoms with Crippen molar-refractivity contribution in [2.45, 2.75) is 38.3 Å². The first-order chi connectivity index (χ1) is 11.5. The summed E-state index contributed by atoms with van der Waals surface area (Å²) < 4.78 is 0. The second kappa shape index (κ2) is 8.73. The molecule has 1 aliphatic heterocycles. The van der Waals surface area contributed by atoms with Gasteiger partial charge < -0.3 is 15.3 Å². The number of unbranched alkanes of at least 4 members (excludes halogenated alkanes) is 1. The largest absolute Gasteiger partial charge is 0.480 e. The summed E-state index contributed by atoms with van der Waals surface area (Å²) in [6.07, 6.45) is 1.98. The van der Waals surface area contributed by atoms with E-state index in [1.165, 1.54) is 16.7 Å². The highest BCUT2D eigenvalue weighted by molar-refractivity contribution is 7.99. The molecule has 2 N–H and O–H groups in total. The highest BCUT2D eigenvalue weighted by atomic mass is 32.2. The minimum Gasteiger partial charge on any atom is -0.480 e. The Hall–Kier alpha value is -2.02. The van der Waals surface area contributed by atoms with Gasteiger partial charge in [0.15, 0.2) is 0 Å². The van der Waals surface area contributed by atoms with E-state index in [-0.39, 0.29) is 5.91 Å². The van der Waals surface area contributed by atoms with Crippen molar-refractivity contribution in [3.63, 3.8) is 0 Å². The van der Waals surface area contributed by atoms with E-state index in [9.17, 15) is 19.5 Å². The summed E-state index contributed by atoms with van der Waals surface area (Å²) >= 11 is 1.49. The molecular weight excluding hydrogens is 328 g/mol. The molecule has 7 heteroatoms. The van der Waals surface area contributed by atoms with E-state index in [1.807, 2.05) is 13.0 Å². The number of benzene rings is 1. The molecule has 1 saturated heterocycles. The quantitative estimate of drug-likeness (QED) is 0.785. The summed E-state index contributed by atoms with van der Waals surface area (Å²) in [6, 6.07) is 7.25. The van der Waals surface area contributed by atoms with Crippen LogP contribution in [0.2, 0.25) is 0 Å². The molecule has 1 aromatic carbocycles. The van der Waals surface area contributed by atoms with Crippen molar-refractivity contribution in [2.24, 2.45) is 0 Å². The third-order valence-electron chi connectivity index (χ3n) is 3.93. The van der Waals surface area contributed by atoms with Gasteiger partial charge in [-0.1, -0.05) is 38.0 Å². The molecular formula is C17H22N2O4S. The molecule has 0 aromatic heterocycles. The topological polar surface area (TPSA) is 86.7 Å². The SMILES string of the molecule is CCCCC(NC(=O)C1CSCN1C(=O)c1ccccc1)C(=O)O. The molecule has 0 radical (unpaired) electrons. The molecule has 1 aromatic rings. The van der Waals surface area contributed by atoms with Crippen molar-refractivity contribution in [3.05, 3.63) is 35.9 Å². The second-order valence-electron chi connectivity index (χ2n) is 5.70. The zero-order chi connectivity index (χ0) is 17.5. The molecule has 2 unspecified atom stereocenters. The summed E-state index contributed by atoms with van der Waals surface area (Å²) in [6.45, 7) is 1.97. The molecule has 0 aliphatic carbocycles. The molecule has 6 nitrogen and oxygen atoms in total. The molecule has 1 aliphatic rings. The van der Waals surface area contributed by atoms with Crippen molar-refractivity contribution >= 4 is 29.5 Å². The molecule has 0 bridgehead atoms. The normalized spacial score (nSPS) is 18.2. The van der Waals surface area contributed by atoms with Crippen LogP contribution in [0.1, 0.15) is 36.5 Å². The predicted octanol–water partition coefficient (Wildman–Crippen LogP) is 1.96. The molecule has 130 valence electrons. The number of carbonyl (C=O) groups excluding carboxylic acids is 2. The third-order valence-corrected chi connectivity index (χ3v) is 4.94. The monoisotopic (exact) mass is 350 g/mol. The molecule has 0 spiro atoms. The maximum absolute atomic E-state index is 12.6. The van der Waals surface area contributed by atoms with Gasteiger partial charge in [0.1, 0.15) is 12.1 Å². The fourth-order valence-electron chi connectivity index (χ4n) is 2.54. The van der Waals surface area contributed by atoms with Crippen molar-refractivity contribution in [1.29, 1.82) is 0 Å². The first-order valence-electron chi connectivity index (χ1n) is 8.01. The Kier molecular flexibility index (Phi) is 6.66. The minimum absolute atomic E-state index is 0.207. The zero-order valence-corrected chi connectivity index (χ0v) is 14.4. The summed E-state index contributed by atoms with van der Waals surface area (Å²) in [5.41, 5.74) is 0.526. The third kappa shape index (κ3) is 4.50. The van der Waals surface area contributed by atoms with Crippen LogP contribution in [0.3, 0.4) is 0 Å². The van der Waals surface area contributed by atoms with E-state index >= 15 is 0 Å². The number of thioether (sulfide) groups is 1. The van der Waals surface area contributed by atoms with Gasteiger partial charge in [0.25, 0.3) is 5.91 Å². The zero-order valence-electron chi connectivity index (χ0n) is 13.6. The molecule has 1 heterocycles. The number of rotatable bonds is 7. The van der Waals surface area contributed by atoms with Crippen LogP contribution >= 0.6 is 11.8 Å². The maximum Gasteiger partial charge on any atom is 0.326 e. The lowest BCUT2D eigenvalue weighted by atomic mass is 10.1. The lowest BCUT2D eigenvalue weighted by molar-refractivity contribution is -0.142. The molecule has 2 rings (SSSR count). The van der Waals surface area contributed by atoms with E-state index in [0.29, 0.717) is 23.6 Å². The first kappa shape index (κ1) is 18.3. The number of carboxylic acid groups (broad SMARTS) is 1. The fourth-order valence-corrected chi connectivity index (χ4v) is 3.69. The first-order valence-corrected chi connectivity index (χ1v) is 9.17. The highest BCUT2D eigenvalue weighted by Crippen LogP contribution is 2.23. The average Bonchev–Trinajstić information content (AvgIpc) is 3.08. The number of carbonyl (C=O) groups is 3. The number of aliphatic carboxylic acids is 1. The summed E-state index contributed by atoms with van der Waals surface area (Å²) in [7, 11) is 0. The Labute approximate surface area is 145 Å². The van der Waals surface area contributed by atoms with E-state index in [0.717, 1.165) is 12.8 Å². The van der Waals surface area contributed by atoms with Gasteiger partial charge in [0.2, 0.25) is 5.91 Å². The van der Waals surface area contributed by atoms with Crippen molar-refractivity contribution < 1.29 is 19.5 Å².